The van der Waals surface area contributed by atoms with E-state index in [2.05, 4.69) is 72.9 Å². The van der Waals surface area contributed by atoms with Gasteiger partial charge in [0, 0.05) is 5.41 Å². The van der Waals surface area contributed by atoms with E-state index in [9.17, 15) is 24.6 Å². The smallest absolute Gasteiger partial charge is 0.309 e. The summed E-state index contributed by atoms with van der Waals surface area (Å²) in [6, 6.07) is -0.202. The van der Waals surface area contributed by atoms with Crippen molar-refractivity contribution in [2.24, 2.45) is 68.0 Å². The van der Waals surface area contributed by atoms with Gasteiger partial charge in [0.25, 0.3) is 0 Å². The zero-order valence-electron chi connectivity index (χ0n) is 31.8. The van der Waals surface area contributed by atoms with Crippen LogP contribution in [0.5, 0.6) is 0 Å². The maximum absolute atomic E-state index is 14.4. The number of nitrogens with one attached hydrogen (secondary N) is 1. The van der Waals surface area contributed by atoms with Crippen LogP contribution in [0.1, 0.15) is 140 Å². The van der Waals surface area contributed by atoms with Crippen molar-refractivity contribution < 1.29 is 29.3 Å². The number of hydrogen-bond donors (Lipinski definition) is 3. The van der Waals surface area contributed by atoms with Crippen molar-refractivity contribution >= 4 is 17.8 Å². The Kier molecular flexibility index (Phi) is 9.89. The van der Waals surface area contributed by atoms with Gasteiger partial charge in [-0.05, 0) is 130 Å². The largest absolute Gasteiger partial charge is 0.481 e. The summed E-state index contributed by atoms with van der Waals surface area (Å²) in [6.07, 6.45) is 14.1. The van der Waals surface area contributed by atoms with Crippen molar-refractivity contribution in [2.45, 2.75) is 152 Å². The summed E-state index contributed by atoms with van der Waals surface area (Å²) in [5.41, 5.74) is -1.42. The molecule has 4 saturated carbocycles. The maximum Gasteiger partial charge on any atom is 0.309 e. The Morgan fingerprint density at radius 1 is 0.938 bits per heavy atom. The number of esters is 1. The number of carbonyl (C=O) groups excluding carboxylic acids is 2. The second kappa shape index (κ2) is 12.7. The standard InChI is InChI=1S/C41H67NO6/c1-25(2)22-27(24-43)42-34(45)41-17-11-12-26(3)33(41)28-13-14-30-38(8)18-16-31(48-32(44)23-36(4,5)35(46)47)37(6,7)29(38)15-19-40(30,10)39(28,9)20-21-41/h11-12,25-31,33,43H,13-24H2,1-10H3,(H,42,45)(H,46,47)/t26-,27+,28?,29?,30?,31+,33?,38+,39-,40-,41+/m1/s1. The lowest BCUT2D eigenvalue weighted by Gasteiger charge is -2.73. The lowest BCUT2D eigenvalue weighted by molar-refractivity contribution is -0.252. The minimum Gasteiger partial charge on any atom is -0.481 e. The van der Waals surface area contributed by atoms with Gasteiger partial charge in [-0.3, -0.25) is 14.4 Å². The predicted octanol–water partition coefficient (Wildman–Crippen LogP) is 8.19. The monoisotopic (exact) mass is 669 g/mol. The number of aliphatic hydroxyl groups is 1. The molecule has 0 aromatic heterocycles. The molecule has 7 heteroatoms. The van der Waals surface area contributed by atoms with Crippen LogP contribution in [0, 0.1) is 68.0 Å². The predicted molar refractivity (Wildman–Crippen MR) is 189 cm³/mol. The first-order chi connectivity index (χ1) is 22.2. The number of allylic oxidation sites excluding steroid dienone is 2. The van der Waals surface area contributed by atoms with Crippen LogP contribution in [0.25, 0.3) is 0 Å². The highest BCUT2D eigenvalue weighted by molar-refractivity contribution is 5.84. The first kappa shape index (κ1) is 37.4. The summed E-state index contributed by atoms with van der Waals surface area (Å²) >= 11 is 0. The quantitative estimate of drug-likeness (QED) is 0.169. The number of aliphatic carboxylic acids is 1. The zero-order valence-corrected chi connectivity index (χ0v) is 31.8. The van der Waals surface area contributed by atoms with Crippen LogP contribution in [-0.2, 0) is 19.1 Å². The van der Waals surface area contributed by atoms with Crippen molar-refractivity contribution in [1.29, 1.82) is 0 Å². The lowest BCUT2D eigenvalue weighted by atomic mass is 9.31. The average Bonchev–Trinajstić information content (AvgIpc) is 2.98. The molecule has 5 aliphatic carbocycles. The third kappa shape index (κ3) is 5.78. The Balaban J connectivity index is 1.40. The molecule has 11 atom stereocenters. The molecule has 0 aliphatic heterocycles. The lowest BCUT2D eigenvalue weighted by Crippen LogP contribution is -2.68. The second-order valence-electron chi connectivity index (χ2n) is 19.5. The Morgan fingerprint density at radius 2 is 1.62 bits per heavy atom. The number of carbonyl (C=O) groups is 3. The number of rotatable bonds is 9. The highest BCUT2D eigenvalue weighted by Gasteiger charge is 2.71. The molecule has 0 radical (unpaired) electrons. The fourth-order valence-corrected chi connectivity index (χ4v) is 13.0. The van der Waals surface area contributed by atoms with Crippen molar-refractivity contribution in [3.05, 3.63) is 12.2 Å². The van der Waals surface area contributed by atoms with Gasteiger partial charge in [0.15, 0.2) is 0 Å². The molecule has 5 aliphatic rings. The van der Waals surface area contributed by atoms with Gasteiger partial charge in [0.2, 0.25) is 5.91 Å². The van der Waals surface area contributed by atoms with Crippen LogP contribution >= 0.6 is 0 Å². The average molecular weight is 670 g/mol. The molecule has 0 saturated heterocycles. The Hall–Kier alpha value is -1.89. The van der Waals surface area contributed by atoms with Crippen molar-refractivity contribution in [3.63, 3.8) is 0 Å². The van der Waals surface area contributed by atoms with Crippen LogP contribution in [0.3, 0.4) is 0 Å². The van der Waals surface area contributed by atoms with Gasteiger partial charge in [-0.2, -0.15) is 0 Å². The molecule has 4 unspecified atom stereocenters. The molecular formula is C41H67NO6. The molecular weight excluding hydrogens is 602 g/mol. The number of hydrogen-bond acceptors (Lipinski definition) is 5. The summed E-state index contributed by atoms with van der Waals surface area (Å²) < 4.78 is 6.15. The Bertz CT molecular complexity index is 1290. The van der Waals surface area contributed by atoms with Gasteiger partial charge in [-0.25, -0.2) is 0 Å². The van der Waals surface area contributed by atoms with E-state index in [0.29, 0.717) is 29.6 Å². The van der Waals surface area contributed by atoms with Crippen LogP contribution in [-0.4, -0.2) is 46.8 Å². The SMILES string of the molecule is CC(C)C[C@@H](CO)NC(=O)[C@]12CC=C[C@@H](C)C1C1CCC3[C@@]4(C)CC[C@H](OC(=O)CC(C)(C)C(=O)O)C(C)(C)C4CC[C@@]3(C)[C@]1(C)CC2. The molecule has 7 nitrogen and oxygen atoms in total. The first-order valence-corrected chi connectivity index (χ1v) is 19.2. The molecule has 5 rings (SSSR count). The van der Waals surface area contributed by atoms with Crippen LogP contribution in [0.4, 0.5) is 0 Å². The van der Waals surface area contributed by atoms with E-state index in [1.54, 1.807) is 13.8 Å². The number of carboxylic acids is 1. The summed E-state index contributed by atoms with van der Waals surface area (Å²) in [6.45, 7) is 22.1. The topological polar surface area (TPSA) is 113 Å². The molecule has 1 amide bonds. The van der Waals surface area contributed by atoms with Crippen molar-refractivity contribution in [3.8, 4) is 0 Å². The second-order valence-corrected chi connectivity index (χ2v) is 19.5. The van der Waals surface area contributed by atoms with Gasteiger partial charge in [-0.1, -0.05) is 67.5 Å². The van der Waals surface area contributed by atoms with Gasteiger partial charge < -0.3 is 20.3 Å². The molecule has 0 aromatic rings. The van der Waals surface area contributed by atoms with E-state index < -0.39 is 22.8 Å². The van der Waals surface area contributed by atoms with Gasteiger partial charge in [-0.15, -0.1) is 0 Å². The highest BCUT2D eigenvalue weighted by atomic mass is 16.5. The van der Waals surface area contributed by atoms with Crippen LogP contribution < -0.4 is 5.32 Å². The molecule has 0 bridgehead atoms. The van der Waals surface area contributed by atoms with E-state index >= 15 is 0 Å². The van der Waals surface area contributed by atoms with Crippen molar-refractivity contribution in [2.75, 3.05) is 6.61 Å². The summed E-state index contributed by atoms with van der Waals surface area (Å²) in [4.78, 5) is 39.1. The van der Waals surface area contributed by atoms with Gasteiger partial charge in [0.05, 0.1) is 29.9 Å². The van der Waals surface area contributed by atoms with E-state index in [-0.39, 0.29) is 58.7 Å². The number of carboxylic acid groups (broad SMARTS) is 1. The number of fused-ring (bicyclic) bond motifs is 7. The van der Waals surface area contributed by atoms with E-state index in [0.717, 1.165) is 64.2 Å². The van der Waals surface area contributed by atoms with Gasteiger partial charge >= 0.3 is 11.9 Å². The number of aliphatic hydroxyl groups excluding tert-OH is 1. The Labute approximate surface area is 290 Å². The maximum atomic E-state index is 14.4. The van der Waals surface area contributed by atoms with E-state index in [1.807, 2.05) is 0 Å². The minimum absolute atomic E-state index is 0.0204. The third-order valence-electron chi connectivity index (χ3n) is 15.7. The van der Waals surface area contributed by atoms with Crippen molar-refractivity contribution in [1.82, 2.24) is 5.32 Å². The number of ether oxygens (including phenoxy) is 1. The fourth-order valence-electron chi connectivity index (χ4n) is 13.0. The summed E-state index contributed by atoms with van der Waals surface area (Å²) in [7, 11) is 0. The molecule has 48 heavy (non-hydrogen) atoms. The third-order valence-corrected chi connectivity index (χ3v) is 15.7. The van der Waals surface area contributed by atoms with E-state index in [1.165, 1.54) is 0 Å². The molecule has 0 heterocycles. The normalized spacial score (nSPS) is 42.4. The van der Waals surface area contributed by atoms with Crippen LogP contribution in [0.15, 0.2) is 12.2 Å². The molecule has 0 spiro atoms. The number of amides is 1. The minimum atomic E-state index is -1.15. The molecule has 3 N–H and O–H groups in total. The first-order valence-electron chi connectivity index (χ1n) is 19.2. The zero-order chi connectivity index (χ0) is 35.7. The molecule has 272 valence electrons. The fraction of sp³-hybridized carbons (Fsp3) is 0.878. The molecule has 0 aromatic carbocycles. The summed E-state index contributed by atoms with van der Waals surface area (Å²) in [5.74, 6) is 1.20. The molecule has 4 fully saturated rings. The highest BCUT2D eigenvalue weighted by Crippen LogP contribution is 2.76. The Morgan fingerprint density at radius 3 is 2.25 bits per heavy atom. The summed E-state index contributed by atoms with van der Waals surface area (Å²) in [5, 5.41) is 23.1. The van der Waals surface area contributed by atoms with Crippen LogP contribution in [0.2, 0.25) is 0 Å². The van der Waals surface area contributed by atoms with E-state index in [4.69, 9.17) is 4.74 Å². The van der Waals surface area contributed by atoms with Gasteiger partial charge in [0.1, 0.15) is 6.10 Å².